The molecule has 0 aliphatic heterocycles. The maximum absolute atomic E-state index is 14.7. The van der Waals surface area contributed by atoms with Crippen LogP contribution in [0.5, 0.6) is 11.5 Å². The number of aliphatic hydroxyl groups is 1. The predicted octanol–water partition coefficient (Wildman–Crippen LogP) is 5.33. The van der Waals surface area contributed by atoms with Crippen molar-refractivity contribution in [3.8, 4) is 11.5 Å². The Morgan fingerprint density at radius 1 is 0.936 bits per heavy atom. The number of halogens is 2. The van der Waals surface area contributed by atoms with E-state index in [9.17, 15) is 18.7 Å². The summed E-state index contributed by atoms with van der Waals surface area (Å²) in [6, 6.07) is 17.5. The van der Waals surface area contributed by atoms with Gasteiger partial charge >= 0.3 is 0 Å². The highest BCUT2D eigenvalue weighted by atomic mass is 19.1. The van der Waals surface area contributed by atoms with Crippen molar-refractivity contribution < 1.29 is 28.2 Å². The quantitative estimate of drug-likeness (QED) is 0.121. The highest BCUT2D eigenvalue weighted by Gasteiger charge is 2.34. The topological polar surface area (TPSA) is 117 Å². The Bertz CT molecular complexity index is 1900. The minimum absolute atomic E-state index is 0.0733. The average Bonchev–Trinajstić information content (AvgIpc) is 3.75. The Hall–Kier alpha value is -5.97. The van der Waals surface area contributed by atoms with E-state index < -0.39 is 17.2 Å². The molecule has 0 aliphatic rings. The molecule has 0 amide bonds. The highest BCUT2D eigenvalue weighted by Crippen LogP contribution is 2.28. The monoisotopic (exact) mass is 636 g/mol. The molecule has 0 saturated heterocycles. The molecule has 0 aliphatic carbocycles. The molecule has 0 fully saturated rings. The van der Waals surface area contributed by atoms with Crippen LogP contribution in [-0.4, -0.2) is 47.3 Å². The third-order valence-corrected chi connectivity index (χ3v) is 6.84. The number of aromatic nitrogens is 6. The lowest BCUT2D eigenvalue weighted by Crippen LogP contribution is -2.37. The molecule has 5 rings (SSSR count). The van der Waals surface area contributed by atoms with Gasteiger partial charge in [0.2, 0.25) is 0 Å². The van der Waals surface area contributed by atoms with Gasteiger partial charge in [0, 0.05) is 11.6 Å². The number of nitrogens with zero attached hydrogens (tertiary/aromatic N) is 6. The summed E-state index contributed by atoms with van der Waals surface area (Å²) in [7, 11) is 0. The molecule has 1 unspecified atom stereocenters. The fourth-order valence-electron chi connectivity index (χ4n) is 4.54. The van der Waals surface area contributed by atoms with E-state index in [1.807, 2.05) is 24.3 Å². The first kappa shape index (κ1) is 32.4. The Morgan fingerprint density at radius 2 is 1.60 bits per heavy atom. The van der Waals surface area contributed by atoms with E-state index >= 15 is 0 Å². The number of ether oxygens (including phenoxy) is 2. The van der Waals surface area contributed by atoms with Gasteiger partial charge in [-0.25, -0.2) is 23.1 Å². The van der Waals surface area contributed by atoms with Gasteiger partial charge in [0.25, 0.3) is 0 Å². The minimum atomic E-state index is -1.85. The molecule has 0 spiro atoms. The van der Waals surface area contributed by atoms with Crippen molar-refractivity contribution in [3.05, 3.63) is 150 Å². The fraction of sp³-hybridized carbons (Fsp3) is 0.143. The third-order valence-electron chi connectivity index (χ3n) is 6.84. The summed E-state index contributed by atoms with van der Waals surface area (Å²) in [6.45, 7) is 3.59. The zero-order valence-corrected chi connectivity index (χ0v) is 25.1. The first-order chi connectivity index (χ1) is 22.8. The second-order valence-electron chi connectivity index (χ2n) is 10.4. The average molecular weight is 637 g/mol. The summed E-state index contributed by atoms with van der Waals surface area (Å²) in [4.78, 5) is 16.2. The molecular weight excluding hydrogens is 606 g/mol. The van der Waals surface area contributed by atoms with Gasteiger partial charge in [-0.05, 0) is 59.7 Å². The first-order valence-corrected chi connectivity index (χ1v) is 14.4. The molecule has 47 heavy (non-hydrogen) atoms. The normalized spacial score (nSPS) is 12.6. The lowest BCUT2D eigenvalue weighted by atomic mass is 9.93. The summed E-state index contributed by atoms with van der Waals surface area (Å²) >= 11 is 0. The van der Waals surface area contributed by atoms with Crippen LogP contribution in [0.4, 0.5) is 8.78 Å². The molecule has 2 heterocycles. The second-order valence-corrected chi connectivity index (χ2v) is 10.4. The van der Waals surface area contributed by atoms with Gasteiger partial charge < -0.3 is 14.6 Å². The van der Waals surface area contributed by atoms with E-state index in [4.69, 9.17) is 9.47 Å². The standard InChI is InChI=1S/C35H30F2N6O4/c1-2-3-18-46-31-13-6-26(7-14-31)4-11-30(44)12-5-27-8-15-32(16-9-27)47-21-29-20-42(41-40-29)22-35(45,23-43-25-38-24-39-43)33-17-10-28(36)19-34(33)37/h3-17,19-20,24-25,45H,1,18,21-23H2. The highest BCUT2D eigenvalue weighted by molar-refractivity contribution is 6.04. The van der Waals surface area contributed by atoms with E-state index in [2.05, 4.69) is 32.7 Å². The lowest BCUT2D eigenvalue weighted by molar-refractivity contribution is -0.110. The second kappa shape index (κ2) is 15.3. The van der Waals surface area contributed by atoms with E-state index in [1.54, 1.807) is 48.7 Å². The third kappa shape index (κ3) is 9.27. The van der Waals surface area contributed by atoms with Gasteiger partial charge in [-0.15, -0.1) is 10.8 Å². The van der Waals surface area contributed by atoms with Gasteiger partial charge in [-0.3, -0.25) is 4.79 Å². The number of rotatable bonds is 15. The largest absolute Gasteiger partial charge is 0.489 e. The molecule has 3 aromatic carbocycles. The van der Waals surface area contributed by atoms with Gasteiger partial charge in [-0.1, -0.05) is 54.3 Å². The Labute approximate surface area is 269 Å². The van der Waals surface area contributed by atoms with Crippen LogP contribution in [0.25, 0.3) is 12.2 Å². The maximum atomic E-state index is 14.7. The molecule has 0 radical (unpaired) electrons. The van der Waals surface area contributed by atoms with Crippen LogP contribution in [0.2, 0.25) is 0 Å². The molecule has 0 bridgehead atoms. The van der Waals surface area contributed by atoms with Crippen LogP contribution in [0.3, 0.4) is 0 Å². The van der Waals surface area contributed by atoms with Crippen molar-refractivity contribution in [2.75, 3.05) is 6.61 Å². The van der Waals surface area contributed by atoms with Crippen LogP contribution in [-0.2, 0) is 30.1 Å². The van der Waals surface area contributed by atoms with Crippen molar-refractivity contribution in [2.24, 2.45) is 0 Å². The SMILES string of the molecule is C=C=CCOc1ccc(C=CC(=O)C=Cc2ccc(OCc3cn(CC(O)(Cn4cncn4)c4ccc(F)cc4F)nn3)cc2)cc1. The van der Waals surface area contributed by atoms with Gasteiger partial charge in [0.15, 0.2) is 5.78 Å². The van der Waals surface area contributed by atoms with Crippen molar-refractivity contribution >= 4 is 17.9 Å². The molecule has 2 aromatic heterocycles. The van der Waals surface area contributed by atoms with Gasteiger partial charge in [0.05, 0.1) is 19.3 Å². The number of carbonyl (C=O) groups is 1. The molecule has 238 valence electrons. The number of hydrogen-bond acceptors (Lipinski definition) is 8. The zero-order valence-electron chi connectivity index (χ0n) is 25.1. The molecule has 12 heteroatoms. The minimum Gasteiger partial charge on any atom is -0.489 e. The molecule has 0 saturated carbocycles. The first-order valence-electron chi connectivity index (χ1n) is 14.4. The summed E-state index contributed by atoms with van der Waals surface area (Å²) in [6.07, 6.45) is 12.3. The maximum Gasteiger partial charge on any atom is 0.178 e. The van der Waals surface area contributed by atoms with Crippen LogP contribution < -0.4 is 9.47 Å². The summed E-state index contributed by atoms with van der Waals surface area (Å²) < 4.78 is 42.3. The van der Waals surface area contributed by atoms with Crippen molar-refractivity contribution in [1.82, 2.24) is 29.8 Å². The summed E-state index contributed by atoms with van der Waals surface area (Å²) in [5, 5.41) is 23.6. The predicted molar refractivity (Wildman–Crippen MR) is 170 cm³/mol. The van der Waals surface area contributed by atoms with E-state index in [-0.39, 0.29) is 31.0 Å². The van der Waals surface area contributed by atoms with E-state index in [0.717, 1.165) is 17.2 Å². The van der Waals surface area contributed by atoms with Crippen molar-refractivity contribution in [2.45, 2.75) is 25.3 Å². The van der Waals surface area contributed by atoms with E-state index in [0.29, 0.717) is 29.9 Å². The van der Waals surface area contributed by atoms with Crippen molar-refractivity contribution in [1.29, 1.82) is 0 Å². The van der Waals surface area contributed by atoms with E-state index in [1.165, 1.54) is 40.2 Å². The molecule has 1 atom stereocenters. The molecular formula is C35H30F2N6O4. The number of allylic oxidation sites excluding steroid dienone is 2. The Kier molecular flexibility index (Phi) is 10.6. The summed E-state index contributed by atoms with van der Waals surface area (Å²) in [5.41, 5.74) is 2.81. The summed E-state index contributed by atoms with van der Waals surface area (Å²) in [5.74, 6) is -0.557. The fourth-order valence-corrected chi connectivity index (χ4v) is 4.54. The van der Waals surface area contributed by atoms with Crippen LogP contribution in [0.1, 0.15) is 22.4 Å². The number of carbonyl (C=O) groups excluding carboxylic acids is 1. The number of benzene rings is 3. The molecule has 5 aromatic rings. The number of ketones is 1. The van der Waals surface area contributed by atoms with Crippen LogP contribution >= 0.6 is 0 Å². The molecule has 1 N–H and O–H groups in total. The van der Waals surface area contributed by atoms with Gasteiger partial charge in [-0.2, -0.15) is 5.10 Å². The van der Waals surface area contributed by atoms with Crippen LogP contribution in [0, 0.1) is 11.6 Å². The lowest BCUT2D eigenvalue weighted by Gasteiger charge is -2.28. The Morgan fingerprint density at radius 3 is 2.21 bits per heavy atom. The zero-order chi connectivity index (χ0) is 33.1. The smallest absolute Gasteiger partial charge is 0.178 e. The van der Waals surface area contributed by atoms with Crippen LogP contribution in [0.15, 0.2) is 116 Å². The molecule has 10 nitrogen and oxygen atoms in total. The number of hydrogen-bond donors (Lipinski definition) is 1. The van der Waals surface area contributed by atoms with Crippen molar-refractivity contribution in [3.63, 3.8) is 0 Å². The Balaban J connectivity index is 1.14. The van der Waals surface area contributed by atoms with Gasteiger partial charge in [0.1, 0.15) is 60.3 Å².